The van der Waals surface area contributed by atoms with Crippen LogP contribution in [-0.4, -0.2) is 0 Å². The van der Waals surface area contributed by atoms with Crippen molar-refractivity contribution in [2.45, 2.75) is 44.4 Å². The first-order valence-electron chi connectivity index (χ1n) is 11.1. The molecule has 0 N–H and O–H groups in total. The van der Waals surface area contributed by atoms with Gasteiger partial charge in [0.15, 0.2) is 0 Å². The molecule has 0 bridgehead atoms. The molecular weight excluding hydrogens is 503 g/mol. The van der Waals surface area contributed by atoms with E-state index in [1.807, 2.05) is 0 Å². The molecule has 0 spiro atoms. The normalized spacial score (nSPS) is 12.9. The van der Waals surface area contributed by atoms with Crippen LogP contribution in [0, 0.1) is 0 Å². The van der Waals surface area contributed by atoms with E-state index in [9.17, 15) is 0 Å². The van der Waals surface area contributed by atoms with E-state index in [-0.39, 0.29) is 42.6 Å². The van der Waals surface area contributed by atoms with Crippen molar-refractivity contribution in [3.63, 3.8) is 0 Å². The van der Waals surface area contributed by atoms with Crippen molar-refractivity contribution in [3.05, 3.63) is 129 Å². The van der Waals surface area contributed by atoms with Gasteiger partial charge in [-0.15, -0.1) is 0 Å². The second kappa shape index (κ2) is 14.2. The van der Waals surface area contributed by atoms with Gasteiger partial charge in [-0.05, 0) is 0 Å². The summed E-state index contributed by atoms with van der Waals surface area (Å²) >= 11 is 2.30. The van der Waals surface area contributed by atoms with Crippen LogP contribution in [0.2, 0.25) is 0 Å². The summed E-state index contributed by atoms with van der Waals surface area (Å²) < 4.78 is 1.45. The van der Waals surface area contributed by atoms with E-state index < -0.39 is 0 Å². The van der Waals surface area contributed by atoms with Crippen LogP contribution < -0.4 is 37.2 Å². The van der Waals surface area contributed by atoms with Gasteiger partial charge in [0, 0.05) is 0 Å². The molecule has 0 amide bonds. The molecule has 0 aliphatic heterocycles. The van der Waals surface area contributed by atoms with Crippen LogP contribution in [-0.2, 0) is 32.3 Å². The molecule has 0 saturated carbocycles. The Morgan fingerprint density at radius 2 is 1.21 bits per heavy atom. The standard InChI is InChI=1S/C29H29.3ClH.Ti/c1-2-3-22-29(26-17-9-5-10-18-26,27-19-11-6-12-20-27)28-21-13-16-25(28)23-24-14-7-4-8-15-24;;;;/h4-15,17-20H,2-3,21-23H2,1H3;3*1H;/q;;;;+3/p-3. The number of allylic oxidation sites excluding steroid dienone is 4. The van der Waals surface area contributed by atoms with Gasteiger partial charge in [-0.25, -0.2) is 0 Å². The Kier molecular flexibility index (Phi) is 12.8. The zero-order valence-corrected chi connectivity index (χ0v) is 22.7. The second-order valence-electron chi connectivity index (χ2n) is 8.18. The molecule has 170 valence electrons. The van der Waals surface area contributed by atoms with Crippen LogP contribution in [0.3, 0.4) is 0 Å². The summed E-state index contributed by atoms with van der Waals surface area (Å²) in [6, 6.07) is 33.4. The fourth-order valence-corrected chi connectivity index (χ4v) is 5.42. The van der Waals surface area contributed by atoms with Gasteiger partial charge in [-0.1, -0.05) is 0 Å². The monoisotopic (exact) mass is 530 g/mol. The third-order valence-electron chi connectivity index (χ3n) is 6.38. The van der Waals surface area contributed by atoms with Crippen molar-refractivity contribution in [3.8, 4) is 0 Å². The molecule has 0 unspecified atom stereocenters. The minimum absolute atomic E-state index is 0. The first kappa shape index (κ1) is 29.8. The number of unbranched alkanes of at least 4 members (excludes halogenated alkanes) is 1. The fraction of sp³-hybridized carbons (Fsp3) is 0.241. The van der Waals surface area contributed by atoms with Crippen LogP contribution in [0.1, 0.15) is 49.3 Å². The molecule has 4 heteroatoms. The Balaban J connectivity index is 0.00000181. The van der Waals surface area contributed by atoms with Gasteiger partial charge in [0.25, 0.3) is 0 Å². The molecule has 1 aliphatic carbocycles. The van der Waals surface area contributed by atoms with E-state index in [0.29, 0.717) is 0 Å². The van der Waals surface area contributed by atoms with E-state index in [2.05, 4.69) is 124 Å². The SMILES string of the molecule is CCCCC(C1=C(Cc2ccccc2)[C]([Ti+3])=CC1)(c1ccccc1)c1ccccc1.[Cl-].[Cl-].[Cl-]. The average Bonchev–Trinajstić information content (AvgIpc) is 3.17. The number of hydrogen-bond donors (Lipinski definition) is 0. The molecule has 0 saturated heterocycles. The number of hydrogen-bond acceptors (Lipinski definition) is 0. The zero-order valence-electron chi connectivity index (χ0n) is 18.9. The molecule has 0 atom stereocenters. The number of rotatable bonds is 8. The van der Waals surface area contributed by atoms with Gasteiger partial charge in [0.05, 0.1) is 0 Å². The maximum atomic E-state index is 2.44. The molecule has 0 aromatic heterocycles. The van der Waals surface area contributed by atoms with Gasteiger partial charge in [-0.3, -0.25) is 0 Å². The van der Waals surface area contributed by atoms with Crippen LogP contribution in [0.25, 0.3) is 0 Å². The maximum Gasteiger partial charge on any atom is -1.00 e. The Bertz CT molecular complexity index is 989. The van der Waals surface area contributed by atoms with Crippen molar-refractivity contribution in [1.82, 2.24) is 0 Å². The smallest absolute Gasteiger partial charge is 1.00 e. The molecule has 0 nitrogen and oxygen atoms in total. The number of benzene rings is 3. The number of halogens is 3. The van der Waals surface area contributed by atoms with Crippen molar-refractivity contribution < 1.29 is 57.7 Å². The Morgan fingerprint density at radius 3 is 1.70 bits per heavy atom. The zero-order chi connectivity index (χ0) is 20.8. The minimum Gasteiger partial charge on any atom is -1.00 e. The predicted molar refractivity (Wildman–Crippen MR) is 123 cm³/mol. The van der Waals surface area contributed by atoms with Gasteiger partial charge >= 0.3 is 194 Å². The molecular formula is C29H29Cl3Ti. The average molecular weight is 532 g/mol. The first-order valence-corrected chi connectivity index (χ1v) is 11.8. The summed E-state index contributed by atoms with van der Waals surface area (Å²) in [5, 5.41) is 0. The molecule has 0 radical (unpaired) electrons. The van der Waals surface area contributed by atoms with Gasteiger partial charge in [0.1, 0.15) is 0 Å². The van der Waals surface area contributed by atoms with E-state index in [4.69, 9.17) is 0 Å². The molecule has 4 rings (SSSR count). The molecule has 1 aliphatic rings. The summed E-state index contributed by atoms with van der Waals surface area (Å²) in [6.07, 6.45) is 8.06. The fourth-order valence-electron chi connectivity index (χ4n) is 4.89. The maximum absolute atomic E-state index is 2.44. The molecule has 3 aromatic carbocycles. The molecule has 0 fully saturated rings. The quantitative estimate of drug-likeness (QED) is 0.312. The Hall–Kier alpha value is -1.28. The topological polar surface area (TPSA) is 0 Å². The third-order valence-corrected chi connectivity index (χ3v) is 7.17. The van der Waals surface area contributed by atoms with Crippen molar-refractivity contribution in [2.24, 2.45) is 0 Å². The van der Waals surface area contributed by atoms with Gasteiger partial charge < -0.3 is 37.2 Å². The minimum atomic E-state index is -0.0725. The van der Waals surface area contributed by atoms with Crippen LogP contribution in [0.4, 0.5) is 0 Å². The Morgan fingerprint density at radius 1 is 0.727 bits per heavy atom. The predicted octanol–water partition coefficient (Wildman–Crippen LogP) is -1.45. The third kappa shape index (κ3) is 6.44. The molecule has 33 heavy (non-hydrogen) atoms. The van der Waals surface area contributed by atoms with Crippen molar-refractivity contribution in [2.75, 3.05) is 0 Å². The summed E-state index contributed by atoms with van der Waals surface area (Å²) in [6.45, 7) is 2.30. The van der Waals surface area contributed by atoms with E-state index in [1.165, 1.54) is 39.0 Å². The van der Waals surface area contributed by atoms with Gasteiger partial charge in [-0.2, -0.15) is 0 Å². The van der Waals surface area contributed by atoms with E-state index >= 15 is 0 Å². The summed E-state index contributed by atoms with van der Waals surface area (Å²) in [5.41, 5.74) is 7.29. The largest absolute Gasteiger partial charge is 1.00 e. The molecule has 3 aromatic rings. The van der Waals surface area contributed by atoms with Crippen LogP contribution in [0.15, 0.2) is 112 Å². The van der Waals surface area contributed by atoms with Crippen molar-refractivity contribution >= 4 is 0 Å². The van der Waals surface area contributed by atoms with E-state index in [0.717, 1.165) is 19.3 Å². The van der Waals surface area contributed by atoms with Crippen LogP contribution in [0.5, 0.6) is 0 Å². The second-order valence-corrected chi connectivity index (χ2v) is 9.02. The van der Waals surface area contributed by atoms with Crippen LogP contribution >= 0.6 is 0 Å². The van der Waals surface area contributed by atoms with Gasteiger partial charge in [0.2, 0.25) is 0 Å². The Labute approximate surface area is 229 Å². The van der Waals surface area contributed by atoms with E-state index in [1.54, 1.807) is 5.57 Å². The summed E-state index contributed by atoms with van der Waals surface area (Å²) in [4.78, 5) is 0. The summed E-state index contributed by atoms with van der Waals surface area (Å²) in [7, 11) is 0. The molecule has 0 heterocycles. The van der Waals surface area contributed by atoms with Crippen molar-refractivity contribution in [1.29, 1.82) is 0 Å². The summed E-state index contributed by atoms with van der Waals surface area (Å²) in [5.74, 6) is 0. The first-order chi connectivity index (χ1) is 14.8.